The zero-order chi connectivity index (χ0) is 15.2. The monoisotopic (exact) mass is 282 g/mol. The van der Waals surface area contributed by atoms with Crippen LogP contribution in [0.25, 0.3) is 0 Å². The predicted molar refractivity (Wildman–Crippen MR) is 85.8 cm³/mol. The van der Waals surface area contributed by atoms with Gasteiger partial charge in [-0.1, -0.05) is 34.1 Å². The summed E-state index contributed by atoms with van der Waals surface area (Å²) in [5.74, 6) is 0.470. The number of carbonyl (C=O) groups excluding carboxylic acids is 1. The molecule has 3 heteroatoms. The number of hydrogen-bond acceptors (Lipinski definition) is 2. The molecule has 0 atom stereocenters. The molecule has 0 bridgehead atoms. The number of amides is 1. The Labute approximate surface area is 125 Å². The van der Waals surface area contributed by atoms with E-state index >= 15 is 0 Å². The van der Waals surface area contributed by atoms with Gasteiger partial charge >= 0.3 is 0 Å². The summed E-state index contributed by atoms with van der Waals surface area (Å²) in [6.45, 7) is 12.9. The molecular formula is C17H34N2O. The van der Waals surface area contributed by atoms with Crippen LogP contribution in [0.15, 0.2) is 0 Å². The van der Waals surface area contributed by atoms with Gasteiger partial charge in [0.15, 0.2) is 0 Å². The van der Waals surface area contributed by atoms with E-state index in [1.54, 1.807) is 0 Å². The van der Waals surface area contributed by atoms with Gasteiger partial charge in [0.25, 0.3) is 0 Å². The highest BCUT2D eigenvalue weighted by Gasteiger charge is 2.34. The summed E-state index contributed by atoms with van der Waals surface area (Å²) in [4.78, 5) is 16.6. The second-order valence-electron chi connectivity index (χ2n) is 6.89. The molecule has 0 aromatic carbocycles. The van der Waals surface area contributed by atoms with Crippen LogP contribution >= 0.6 is 0 Å². The first-order valence-electron chi connectivity index (χ1n) is 8.41. The molecule has 1 aliphatic rings. The fourth-order valence-electron chi connectivity index (χ4n) is 3.27. The fraction of sp³-hybridized carbons (Fsp3) is 0.941. The van der Waals surface area contributed by atoms with Gasteiger partial charge in [0.05, 0.1) is 0 Å². The molecule has 0 aliphatic carbocycles. The molecule has 1 amide bonds. The van der Waals surface area contributed by atoms with Gasteiger partial charge in [-0.3, -0.25) is 4.79 Å². The normalized spacial score (nSPS) is 18.9. The minimum absolute atomic E-state index is 0.139. The van der Waals surface area contributed by atoms with Crippen molar-refractivity contribution in [2.45, 2.75) is 59.8 Å². The van der Waals surface area contributed by atoms with Crippen LogP contribution in [0.5, 0.6) is 0 Å². The predicted octanol–water partition coefficient (Wildman–Crippen LogP) is 3.39. The Morgan fingerprint density at radius 3 is 2.25 bits per heavy atom. The molecule has 1 saturated heterocycles. The van der Waals surface area contributed by atoms with Crippen LogP contribution in [0.2, 0.25) is 0 Å². The lowest BCUT2D eigenvalue weighted by Gasteiger charge is -2.42. The van der Waals surface area contributed by atoms with Crippen LogP contribution in [-0.4, -0.2) is 48.9 Å². The second-order valence-corrected chi connectivity index (χ2v) is 6.89. The molecule has 0 aromatic heterocycles. The number of rotatable bonds is 7. The van der Waals surface area contributed by atoms with E-state index in [1.165, 1.54) is 45.2 Å². The Hall–Kier alpha value is -0.570. The molecule has 3 nitrogen and oxygen atoms in total. The van der Waals surface area contributed by atoms with Gasteiger partial charge in [0.2, 0.25) is 5.91 Å². The highest BCUT2D eigenvalue weighted by Crippen LogP contribution is 2.38. The van der Waals surface area contributed by atoms with E-state index < -0.39 is 0 Å². The molecule has 0 N–H and O–H groups in total. The molecular weight excluding hydrogens is 248 g/mol. The minimum atomic E-state index is 0.139. The first kappa shape index (κ1) is 17.5. The van der Waals surface area contributed by atoms with Crippen LogP contribution < -0.4 is 0 Å². The van der Waals surface area contributed by atoms with Gasteiger partial charge in [-0.2, -0.15) is 0 Å². The van der Waals surface area contributed by atoms with Crippen LogP contribution in [0.4, 0.5) is 0 Å². The quantitative estimate of drug-likeness (QED) is 0.714. The van der Waals surface area contributed by atoms with E-state index in [0.717, 1.165) is 13.1 Å². The van der Waals surface area contributed by atoms with E-state index in [4.69, 9.17) is 0 Å². The van der Waals surface area contributed by atoms with Gasteiger partial charge in [-0.25, -0.2) is 0 Å². The first-order valence-corrected chi connectivity index (χ1v) is 8.41. The average Bonchev–Trinajstić information content (AvgIpc) is 2.45. The molecule has 20 heavy (non-hydrogen) atoms. The molecule has 1 aliphatic heterocycles. The van der Waals surface area contributed by atoms with Crippen LogP contribution in [0.1, 0.15) is 59.8 Å². The van der Waals surface area contributed by atoms with Gasteiger partial charge in [0, 0.05) is 19.0 Å². The third-order valence-corrected chi connectivity index (χ3v) is 5.01. The summed E-state index contributed by atoms with van der Waals surface area (Å²) >= 11 is 0. The van der Waals surface area contributed by atoms with Crippen molar-refractivity contribution in [2.75, 3.05) is 33.2 Å². The van der Waals surface area contributed by atoms with E-state index in [-0.39, 0.29) is 5.92 Å². The Balaban J connectivity index is 2.47. The summed E-state index contributed by atoms with van der Waals surface area (Å²) in [6.07, 6.45) is 6.12. The molecule has 1 heterocycles. The lowest BCUT2D eigenvalue weighted by atomic mass is 9.73. The van der Waals surface area contributed by atoms with Crippen molar-refractivity contribution in [1.29, 1.82) is 0 Å². The number of piperidine rings is 1. The summed E-state index contributed by atoms with van der Waals surface area (Å²) in [5.41, 5.74) is 0.468. The lowest BCUT2D eigenvalue weighted by molar-refractivity contribution is -0.137. The molecule has 0 radical (unpaired) electrons. The van der Waals surface area contributed by atoms with E-state index in [0.29, 0.717) is 11.3 Å². The third-order valence-electron chi connectivity index (χ3n) is 5.01. The number of likely N-dealkylation sites (tertiary alicyclic amines) is 1. The molecule has 0 saturated carbocycles. The van der Waals surface area contributed by atoms with Crippen molar-refractivity contribution in [3.05, 3.63) is 0 Å². The largest absolute Gasteiger partial charge is 0.342 e. The van der Waals surface area contributed by atoms with E-state index in [1.807, 2.05) is 13.8 Å². The number of hydrogen-bond donors (Lipinski definition) is 0. The Morgan fingerprint density at radius 1 is 1.20 bits per heavy atom. The minimum Gasteiger partial charge on any atom is -0.342 e. The van der Waals surface area contributed by atoms with Gasteiger partial charge in [-0.15, -0.1) is 0 Å². The van der Waals surface area contributed by atoms with Crippen LogP contribution in [-0.2, 0) is 4.79 Å². The summed E-state index contributed by atoms with van der Waals surface area (Å²) in [6, 6.07) is 0. The summed E-state index contributed by atoms with van der Waals surface area (Å²) < 4.78 is 0. The highest BCUT2D eigenvalue weighted by molar-refractivity contribution is 5.78. The topological polar surface area (TPSA) is 23.6 Å². The smallest absolute Gasteiger partial charge is 0.225 e. The maximum Gasteiger partial charge on any atom is 0.225 e. The van der Waals surface area contributed by atoms with Crippen LogP contribution in [0, 0.1) is 11.3 Å². The molecule has 118 valence electrons. The summed E-state index contributed by atoms with van der Waals surface area (Å²) in [7, 11) is 2.23. The van der Waals surface area contributed by atoms with Gasteiger partial charge in [0.1, 0.15) is 0 Å². The number of nitrogens with zero attached hydrogens (tertiary/aromatic N) is 2. The van der Waals surface area contributed by atoms with Crippen molar-refractivity contribution < 1.29 is 4.79 Å². The van der Waals surface area contributed by atoms with Crippen LogP contribution in [0.3, 0.4) is 0 Å². The zero-order valence-corrected chi connectivity index (χ0v) is 14.2. The molecule has 0 aromatic rings. The Morgan fingerprint density at radius 2 is 1.80 bits per heavy atom. The highest BCUT2D eigenvalue weighted by atomic mass is 16.2. The first-order chi connectivity index (χ1) is 9.44. The summed E-state index contributed by atoms with van der Waals surface area (Å²) in [5, 5.41) is 0. The second kappa shape index (κ2) is 8.02. The Kier molecular flexibility index (Phi) is 7.01. The SMILES string of the molecule is CCCN(C)CCC1(CC)CCN(C(=O)C(C)C)CC1. The molecule has 0 unspecified atom stereocenters. The van der Waals surface area contributed by atoms with Gasteiger partial charge < -0.3 is 9.80 Å². The fourth-order valence-corrected chi connectivity index (χ4v) is 3.27. The Bertz CT molecular complexity index is 293. The van der Waals surface area contributed by atoms with E-state index in [9.17, 15) is 4.79 Å². The van der Waals surface area contributed by atoms with Gasteiger partial charge in [-0.05, 0) is 51.2 Å². The zero-order valence-electron chi connectivity index (χ0n) is 14.2. The van der Waals surface area contributed by atoms with Crippen molar-refractivity contribution in [3.8, 4) is 0 Å². The van der Waals surface area contributed by atoms with E-state index in [2.05, 4.69) is 30.7 Å². The standard InChI is InChI=1S/C17H34N2O/c1-6-11-18(5)12-8-17(7-2)9-13-19(14-10-17)16(20)15(3)4/h15H,6-14H2,1-5H3. The number of carbonyl (C=O) groups is 1. The van der Waals surface area contributed by atoms with Crippen molar-refractivity contribution in [1.82, 2.24) is 9.80 Å². The molecule has 0 spiro atoms. The third kappa shape index (κ3) is 4.76. The van der Waals surface area contributed by atoms with Crippen molar-refractivity contribution >= 4 is 5.91 Å². The maximum atomic E-state index is 12.1. The van der Waals surface area contributed by atoms with Crippen molar-refractivity contribution in [3.63, 3.8) is 0 Å². The molecule has 1 fully saturated rings. The average molecular weight is 282 g/mol. The lowest BCUT2D eigenvalue weighted by Crippen LogP contribution is -2.45. The van der Waals surface area contributed by atoms with Crippen molar-refractivity contribution in [2.24, 2.45) is 11.3 Å². The molecule has 1 rings (SSSR count). The maximum absolute atomic E-state index is 12.1.